The van der Waals surface area contributed by atoms with Gasteiger partial charge in [0.2, 0.25) is 10.0 Å². The van der Waals surface area contributed by atoms with Crippen LogP contribution in [0.4, 0.5) is 4.39 Å². The van der Waals surface area contributed by atoms with Crippen molar-refractivity contribution >= 4 is 10.0 Å². The van der Waals surface area contributed by atoms with E-state index in [1.54, 1.807) is 37.4 Å². The van der Waals surface area contributed by atoms with Gasteiger partial charge in [-0.25, -0.2) is 12.8 Å². The standard InChI is InChI=1S/C21H21FN2O3S/c1-15-14-18(9-10-20(15)27-2)28(25,26)24-13-12-23-11-3-4-19(23)21(24)16-5-7-17(22)8-6-16/h3-11,14,21H,12-13H2,1-2H3/t21-/m1/s1. The average molecular weight is 400 g/mol. The number of fused-ring (bicyclic) bond motifs is 1. The Balaban J connectivity index is 1.82. The molecule has 0 N–H and O–H groups in total. The Kier molecular flexibility index (Phi) is 4.72. The van der Waals surface area contributed by atoms with Gasteiger partial charge in [0.05, 0.1) is 18.0 Å². The maximum atomic E-state index is 13.5. The molecule has 1 aromatic heterocycles. The molecule has 4 rings (SSSR count). The highest BCUT2D eigenvalue weighted by Crippen LogP contribution is 2.37. The fraction of sp³-hybridized carbons (Fsp3) is 0.238. The lowest BCUT2D eigenvalue weighted by atomic mass is 10.0. The number of halogens is 1. The predicted octanol–water partition coefficient (Wildman–Crippen LogP) is 3.74. The first-order valence-electron chi connectivity index (χ1n) is 8.99. The smallest absolute Gasteiger partial charge is 0.244 e. The number of aromatic nitrogens is 1. The molecule has 1 atom stereocenters. The lowest BCUT2D eigenvalue weighted by Crippen LogP contribution is -2.42. The summed E-state index contributed by atoms with van der Waals surface area (Å²) in [6.07, 6.45) is 1.94. The van der Waals surface area contributed by atoms with E-state index in [0.29, 0.717) is 18.8 Å². The number of ether oxygens (including phenoxy) is 1. The minimum atomic E-state index is -3.77. The van der Waals surface area contributed by atoms with Gasteiger partial charge in [0.15, 0.2) is 0 Å². The molecule has 1 aliphatic rings. The van der Waals surface area contributed by atoms with Crippen LogP contribution in [0.1, 0.15) is 22.9 Å². The van der Waals surface area contributed by atoms with Gasteiger partial charge >= 0.3 is 0 Å². The summed E-state index contributed by atoms with van der Waals surface area (Å²) in [5, 5.41) is 0. The number of methoxy groups -OCH3 is 1. The summed E-state index contributed by atoms with van der Waals surface area (Å²) in [7, 11) is -2.21. The SMILES string of the molecule is COc1ccc(S(=O)(=O)N2CCn3cccc3[C@H]2c2ccc(F)cc2)cc1C. The molecule has 3 aromatic rings. The van der Waals surface area contributed by atoms with Crippen LogP contribution >= 0.6 is 0 Å². The van der Waals surface area contributed by atoms with Crippen molar-refractivity contribution in [3.05, 3.63) is 83.4 Å². The molecule has 0 radical (unpaired) electrons. The van der Waals surface area contributed by atoms with E-state index in [9.17, 15) is 12.8 Å². The normalized spacial score (nSPS) is 17.3. The Morgan fingerprint density at radius 2 is 1.82 bits per heavy atom. The van der Waals surface area contributed by atoms with Gasteiger partial charge in [-0.3, -0.25) is 0 Å². The number of hydrogen-bond acceptors (Lipinski definition) is 3. The van der Waals surface area contributed by atoms with Gasteiger partial charge in [0.25, 0.3) is 0 Å². The first kappa shape index (κ1) is 18.7. The van der Waals surface area contributed by atoms with Crippen molar-refractivity contribution in [2.75, 3.05) is 13.7 Å². The van der Waals surface area contributed by atoms with E-state index in [0.717, 1.165) is 16.8 Å². The molecule has 2 heterocycles. The lowest BCUT2D eigenvalue weighted by Gasteiger charge is -2.36. The lowest BCUT2D eigenvalue weighted by molar-refractivity contribution is 0.298. The highest BCUT2D eigenvalue weighted by molar-refractivity contribution is 7.89. The van der Waals surface area contributed by atoms with E-state index >= 15 is 0 Å². The number of rotatable bonds is 4. The second-order valence-electron chi connectivity index (χ2n) is 6.83. The van der Waals surface area contributed by atoms with Crippen molar-refractivity contribution in [1.82, 2.24) is 8.87 Å². The van der Waals surface area contributed by atoms with Crippen molar-refractivity contribution in [2.45, 2.75) is 24.4 Å². The van der Waals surface area contributed by atoms with Gasteiger partial charge in [0.1, 0.15) is 11.6 Å². The Bertz CT molecular complexity index is 1110. The largest absolute Gasteiger partial charge is 0.496 e. The Labute approximate surface area is 164 Å². The molecule has 0 amide bonds. The van der Waals surface area contributed by atoms with Crippen molar-refractivity contribution < 1.29 is 17.5 Å². The average Bonchev–Trinajstić information content (AvgIpc) is 3.16. The van der Waals surface area contributed by atoms with Gasteiger partial charge in [-0.15, -0.1) is 0 Å². The Morgan fingerprint density at radius 3 is 2.50 bits per heavy atom. The van der Waals surface area contributed by atoms with Crippen LogP contribution in [0.15, 0.2) is 65.7 Å². The van der Waals surface area contributed by atoms with Crippen molar-refractivity contribution in [3.8, 4) is 5.75 Å². The molecular weight excluding hydrogens is 379 g/mol. The summed E-state index contributed by atoms with van der Waals surface area (Å²) < 4.78 is 49.3. The molecule has 146 valence electrons. The zero-order chi connectivity index (χ0) is 19.9. The first-order chi connectivity index (χ1) is 13.4. The summed E-state index contributed by atoms with van der Waals surface area (Å²) >= 11 is 0. The minimum absolute atomic E-state index is 0.220. The van der Waals surface area contributed by atoms with Crippen LogP contribution in [0, 0.1) is 12.7 Å². The van der Waals surface area contributed by atoms with E-state index in [-0.39, 0.29) is 10.7 Å². The van der Waals surface area contributed by atoms with Gasteiger partial charge < -0.3 is 9.30 Å². The third-order valence-corrected chi connectivity index (χ3v) is 7.01. The summed E-state index contributed by atoms with van der Waals surface area (Å²) in [5.41, 5.74) is 2.35. The van der Waals surface area contributed by atoms with Crippen LogP contribution in [-0.4, -0.2) is 30.9 Å². The van der Waals surface area contributed by atoms with E-state index in [2.05, 4.69) is 0 Å². The molecule has 0 unspecified atom stereocenters. The summed E-state index contributed by atoms with van der Waals surface area (Å²) in [6.45, 7) is 2.71. The zero-order valence-corrected chi connectivity index (χ0v) is 16.5. The maximum Gasteiger partial charge on any atom is 0.244 e. The number of nitrogens with zero attached hydrogens (tertiary/aromatic N) is 2. The third-order valence-electron chi connectivity index (χ3n) is 5.15. The fourth-order valence-corrected chi connectivity index (χ4v) is 5.42. The summed E-state index contributed by atoms with van der Waals surface area (Å²) in [6, 6.07) is 14.2. The van der Waals surface area contributed by atoms with Gasteiger partial charge in [-0.2, -0.15) is 4.31 Å². The molecular formula is C21H21FN2O3S. The molecule has 0 saturated heterocycles. The first-order valence-corrected chi connectivity index (χ1v) is 10.4. The topological polar surface area (TPSA) is 51.5 Å². The van der Waals surface area contributed by atoms with Crippen molar-refractivity contribution in [3.63, 3.8) is 0 Å². The quantitative estimate of drug-likeness (QED) is 0.670. The molecule has 0 bridgehead atoms. The number of benzene rings is 2. The molecule has 0 fully saturated rings. The van der Waals surface area contributed by atoms with Crippen LogP contribution in [0.25, 0.3) is 0 Å². The Hall–Kier alpha value is -2.64. The zero-order valence-electron chi connectivity index (χ0n) is 15.7. The van der Waals surface area contributed by atoms with Crippen LogP contribution in [-0.2, 0) is 16.6 Å². The minimum Gasteiger partial charge on any atom is -0.496 e. The highest BCUT2D eigenvalue weighted by atomic mass is 32.2. The molecule has 7 heteroatoms. The van der Waals surface area contributed by atoms with Crippen LogP contribution in [0.3, 0.4) is 0 Å². The van der Waals surface area contributed by atoms with E-state index in [1.165, 1.54) is 16.4 Å². The highest BCUT2D eigenvalue weighted by Gasteiger charge is 2.37. The van der Waals surface area contributed by atoms with Crippen molar-refractivity contribution in [1.29, 1.82) is 0 Å². The second kappa shape index (κ2) is 7.07. The predicted molar refractivity (Wildman–Crippen MR) is 104 cm³/mol. The van der Waals surface area contributed by atoms with Gasteiger partial charge in [-0.05, 0) is 60.5 Å². The van der Waals surface area contributed by atoms with E-state index in [1.807, 2.05) is 29.8 Å². The van der Waals surface area contributed by atoms with Gasteiger partial charge in [0, 0.05) is 25.0 Å². The maximum absolute atomic E-state index is 13.5. The van der Waals surface area contributed by atoms with Crippen LogP contribution < -0.4 is 4.74 Å². The van der Waals surface area contributed by atoms with Crippen LogP contribution in [0.5, 0.6) is 5.75 Å². The summed E-state index contributed by atoms with van der Waals surface area (Å²) in [5.74, 6) is 0.289. The van der Waals surface area contributed by atoms with E-state index in [4.69, 9.17) is 4.74 Å². The molecule has 1 aliphatic heterocycles. The van der Waals surface area contributed by atoms with Gasteiger partial charge in [-0.1, -0.05) is 12.1 Å². The Morgan fingerprint density at radius 1 is 1.07 bits per heavy atom. The van der Waals surface area contributed by atoms with E-state index < -0.39 is 16.1 Å². The molecule has 0 spiro atoms. The summed E-state index contributed by atoms with van der Waals surface area (Å²) in [4.78, 5) is 0.220. The number of hydrogen-bond donors (Lipinski definition) is 0. The molecule has 2 aromatic carbocycles. The molecule has 28 heavy (non-hydrogen) atoms. The number of aryl methyl sites for hydroxylation is 1. The molecule has 5 nitrogen and oxygen atoms in total. The van der Waals surface area contributed by atoms with Crippen molar-refractivity contribution in [2.24, 2.45) is 0 Å². The third kappa shape index (κ3) is 3.10. The van der Waals surface area contributed by atoms with Crippen LogP contribution in [0.2, 0.25) is 0 Å². The number of sulfonamides is 1. The second-order valence-corrected chi connectivity index (χ2v) is 8.72. The molecule has 0 saturated carbocycles. The molecule has 0 aliphatic carbocycles. The fourth-order valence-electron chi connectivity index (χ4n) is 3.75. The monoisotopic (exact) mass is 400 g/mol.